The number of H-pyrrole nitrogens is 1. The van der Waals surface area contributed by atoms with Gasteiger partial charge in [0, 0.05) is 23.1 Å². The molecule has 1 aromatic heterocycles. The summed E-state index contributed by atoms with van der Waals surface area (Å²) in [4.78, 5) is 30.4. The summed E-state index contributed by atoms with van der Waals surface area (Å²) >= 11 is 0. The first-order valence-electron chi connectivity index (χ1n) is 8.37. The van der Waals surface area contributed by atoms with E-state index in [0.717, 1.165) is 11.1 Å². The Kier molecular flexibility index (Phi) is 3.57. The number of nitrogens with zero attached hydrogens (tertiary/aromatic N) is 2. The molecular formula is C18H22N4O2. The molecule has 0 atom stereocenters. The minimum atomic E-state index is -0.304. The molecule has 0 spiro atoms. The van der Waals surface area contributed by atoms with Crippen LogP contribution in [-0.4, -0.2) is 53.4 Å². The van der Waals surface area contributed by atoms with Gasteiger partial charge in [0.2, 0.25) is 5.91 Å². The molecule has 24 heavy (non-hydrogen) atoms. The zero-order valence-corrected chi connectivity index (χ0v) is 14.0. The highest BCUT2D eigenvalue weighted by Crippen LogP contribution is 2.41. The first kappa shape index (κ1) is 15.2. The Morgan fingerprint density at radius 3 is 2.71 bits per heavy atom. The van der Waals surface area contributed by atoms with Crippen LogP contribution in [0.5, 0.6) is 0 Å². The third-order valence-corrected chi connectivity index (χ3v) is 5.34. The van der Waals surface area contributed by atoms with Gasteiger partial charge in [-0.3, -0.25) is 9.69 Å². The number of benzene rings is 1. The number of carbonyl (C=O) groups excluding carboxylic acids is 2. The molecule has 1 aromatic carbocycles. The minimum Gasteiger partial charge on any atom is -0.361 e. The van der Waals surface area contributed by atoms with Gasteiger partial charge in [0.25, 0.3) is 0 Å². The van der Waals surface area contributed by atoms with Crippen LogP contribution in [0.4, 0.5) is 4.79 Å². The van der Waals surface area contributed by atoms with E-state index in [-0.39, 0.29) is 18.5 Å². The normalized spacial score (nSPS) is 23.9. The monoisotopic (exact) mass is 326 g/mol. The van der Waals surface area contributed by atoms with Crippen LogP contribution < -0.4 is 5.32 Å². The summed E-state index contributed by atoms with van der Waals surface area (Å²) in [5.74, 6) is 0.417. The predicted octanol–water partition coefficient (Wildman–Crippen LogP) is 2.03. The van der Waals surface area contributed by atoms with E-state index in [9.17, 15) is 9.59 Å². The zero-order chi connectivity index (χ0) is 16.8. The summed E-state index contributed by atoms with van der Waals surface area (Å²) in [6.07, 6.45) is 4.47. The summed E-state index contributed by atoms with van der Waals surface area (Å²) in [6.45, 7) is 0.431. The predicted molar refractivity (Wildman–Crippen MR) is 91.7 cm³/mol. The van der Waals surface area contributed by atoms with Crippen molar-refractivity contribution in [3.05, 3.63) is 35.5 Å². The molecule has 2 fully saturated rings. The summed E-state index contributed by atoms with van der Waals surface area (Å²) in [6, 6.07) is 6.49. The number of hydrogen-bond acceptors (Lipinski definition) is 3. The summed E-state index contributed by atoms with van der Waals surface area (Å²) in [5, 5.41) is 3.77. The largest absolute Gasteiger partial charge is 0.361 e. The standard InChI is InChI=1S/C18H22N4O2/c1-21(2)13-6-12(7-13)15-8-19-16-4-3-11(5-14(15)16)10-22-17(23)9-20-18(22)24/h3-5,8,12-13,19H,6-7,9-10H2,1-2H3,(H,20,24). The Bertz CT molecular complexity index is 788. The number of amides is 3. The van der Waals surface area contributed by atoms with Gasteiger partial charge in [0.15, 0.2) is 0 Å². The van der Waals surface area contributed by atoms with Crippen LogP contribution in [0, 0.1) is 0 Å². The van der Waals surface area contributed by atoms with Gasteiger partial charge in [-0.1, -0.05) is 6.07 Å². The molecule has 4 rings (SSSR count). The molecule has 0 bridgehead atoms. The maximum absolute atomic E-state index is 11.8. The molecule has 1 aliphatic heterocycles. The van der Waals surface area contributed by atoms with Crippen LogP contribution in [0.25, 0.3) is 10.9 Å². The van der Waals surface area contributed by atoms with Crippen molar-refractivity contribution in [2.75, 3.05) is 20.6 Å². The maximum atomic E-state index is 11.8. The summed E-state index contributed by atoms with van der Waals surface area (Å²) in [7, 11) is 4.26. The van der Waals surface area contributed by atoms with Gasteiger partial charge in [-0.25, -0.2) is 4.79 Å². The lowest BCUT2D eigenvalue weighted by Gasteiger charge is -2.39. The molecule has 1 saturated heterocycles. The number of carbonyl (C=O) groups is 2. The van der Waals surface area contributed by atoms with Gasteiger partial charge in [-0.15, -0.1) is 0 Å². The number of rotatable bonds is 4. The number of imide groups is 1. The highest BCUT2D eigenvalue weighted by molar-refractivity contribution is 6.01. The van der Waals surface area contributed by atoms with Crippen molar-refractivity contribution in [1.82, 2.24) is 20.1 Å². The van der Waals surface area contributed by atoms with E-state index in [4.69, 9.17) is 0 Å². The topological polar surface area (TPSA) is 68.4 Å². The number of urea groups is 1. The lowest BCUT2D eigenvalue weighted by molar-refractivity contribution is -0.125. The smallest absolute Gasteiger partial charge is 0.324 e. The van der Waals surface area contributed by atoms with Crippen LogP contribution in [0.2, 0.25) is 0 Å². The fraction of sp³-hybridized carbons (Fsp3) is 0.444. The highest BCUT2D eigenvalue weighted by Gasteiger charge is 2.33. The van der Waals surface area contributed by atoms with Crippen LogP contribution in [0.1, 0.15) is 29.9 Å². The van der Waals surface area contributed by atoms with E-state index in [2.05, 4.69) is 41.6 Å². The minimum absolute atomic E-state index is 0.102. The number of fused-ring (bicyclic) bond motifs is 1. The van der Waals surface area contributed by atoms with E-state index in [0.29, 0.717) is 18.5 Å². The second kappa shape index (κ2) is 5.63. The SMILES string of the molecule is CN(C)C1CC(c2c[nH]c3ccc(CN4C(=O)CNC4=O)cc23)C1. The van der Waals surface area contributed by atoms with Gasteiger partial charge in [0.05, 0.1) is 13.1 Å². The van der Waals surface area contributed by atoms with Crippen molar-refractivity contribution in [3.8, 4) is 0 Å². The maximum Gasteiger partial charge on any atom is 0.324 e. The fourth-order valence-electron chi connectivity index (χ4n) is 3.69. The Labute approximate surface area is 140 Å². The molecule has 126 valence electrons. The Hall–Kier alpha value is -2.34. The summed E-state index contributed by atoms with van der Waals surface area (Å²) < 4.78 is 0. The van der Waals surface area contributed by atoms with Crippen molar-refractivity contribution in [2.24, 2.45) is 0 Å². The molecular weight excluding hydrogens is 304 g/mol. The van der Waals surface area contributed by atoms with Gasteiger partial charge < -0.3 is 15.2 Å². The van der Waals surface area contributed by atoms with Gasteiger partial charge in [-0.2, -0.15) is 0 Å². The third kappa shape index (κ3) is 2.47. The van der Waals surface area contributed by atoms with Crippen LogP contribution >= 0.6 is 0 Å². The molecule has 2 aromatic rings. The molecule has 0 unspecified atom stereocenters. The molecule has 2 N–H and O–H groups in total. The fourth-order valence-corrected chi connectivity index (χ4v) is 3.69. The third-order valence-electron chi connectivity index (χ3n) is 5.34. The van der Waals surface area contributed by atoms with Gasteiger partial charge in [-0.05, 0) is 56.1 Å². The second-order valence-corrected chi connectivity index (χ2v) is 7.05. The molecule has 2 heterocycles. The van der Waals surface area contributed by atoms with Crippen LogP contribution in [0.15, 0.2) is 24.4 Å². The Balaban J connectivity index is 1.57. The van der Waals surface area contributed by atoms with E-state index < -0.39 is 0 Å². The number of aromatic nitrogens is 1. The lowest BCUT2D eigenvalue weighted by atomic mass is 9.75. The molecule has 1 aliphatic carbocycles. The Morgan fingerprint density at radius 2 is 2.04 bits per heavy atom. The average Bonchev–Trinajstić information content (AvgIpc) is 3.04. The van der Waals surface area contributed by atoms with Crippen molar-refractivity contribution >= 4 is 22.8 Å². The molecule has 2 aliphatic rings. The van der Waals surface area contributed by atoms with Crippen LogP contribution in [0.3, 0.4) is 0 Å². The molecule has 3 amide bonds. The van der Waals surface area contributed by atoms with Crippen molar-refractivity contribution in [3.63, 3.8) is 0 Å². The second-order valence-electron chi connectivity index (χ2n) is 7.05. The number of aromatic amines is 1. The zero-order valence-electron chi connectivity index (χ0n) is 14.0. The van der Waals surface area contributed by atoms with E-state index in [1.807, 2.05) is 12.1 Å². The first-order chi connectivity index (χ1) is 11.5. The first-order valence-corrected chi connectivity index (χ1v) is 8.37. The van der Waals surface area contributed by atoms with E-state index in [1.165, 1.54) is 28.7 Å². The van der Waals surface area contributed by atoms with Crippen molar-refractivity contribution in [1.29, 1.82) is 0 Å². The van der Waals surface area contributed by atoms with Crippen molar-refractivity contribution < 1.29 is 9.59 Å². The van der Waals surface area contributed by atoms with Crippen LogP contribution in [-0.2, 0) is 11.3 Å². The molecule has 1 saturated carbocycles. The average molecular weight is 326 g/mol. The number of nitrogens with one attached hydrogen (secondary N) is 2. The van der Waals surface area contributed by atoms with Crippen molar-refractivity contribution in [2.45, 2.75) is 31.3 Å². The summed E-state index contributed by atoms with van der Waals surface area (Å²) in [5.41, 5.74) is 3.44. The Morgan fingerprint density at radius 1 is 1.25 bits per heavy atom. The highest BCUT2D eigenvalue weighted by atomic mass is 16.2. The lowest BCUT2D eigenvalue weighted by Crippen LogP contribution is -2.39. The molecule has 0 radical (unpaired) electrons. The van der Waals surface area contributed by atoms with E-state index in [1.54, 1.807) is 0 Å². The number of hydrogen-bond donors (Lipinski definition) is 2. The van der Waals surface area contributed by atoms with Gasteiger partial charge >= 0.3 is 6.03 Å². The van der Waals surface area contributed by atoms with Gasteiger partial charge in [0.1, 0.15) is 0 Å². The molecule has 6 heteroatoms. The van der Waals surface area contributed by atoms with E-state index >= 15 is 0 Å². The molecule has 6 nitrogen and oxygen atoms in total. The quantitative estimate of drug-likeness (QED) is 0.845.